The summed E-state index contributed by atoms with van der Waals surface area (Å²) in [6.45, 7) is 3.24. The Labute approximate surface area is 127 Å². The maximum atomic E-state index is 6.18. The molecule has 1 fully saturated rings. The van der Waals surface area contributed by atoms with Crippen LogP contribution in [0.5, 0.6) is 11.5 Å². The fourth-order valence-corrected chi connectivity index (χ4v) is 3.03. The highest BCUT2D eigenvalue weighted by Gasteiger charge is 2.22. The Kier molecular flexibility index (Phi) is 5.17. The van der Waals surface area contributed by atoms with E-state index in [1.165, 1.54) is 12.8 Å². The molecule has 0 amide bonds. The molecule has 0 aromatic heterocycles. The van der Waals surface area contributed by atoms with Crippen molar-refractivity contribution in [2.24, 2.45) is 5.92 Å². The third-order valence-corrected chi connectivity index (χ3v) is 4.11. The number of nitrogens with zero attached hydrogens (tertiary/aromatic N) is 2. The zero-order valence-electron chi connectivity index (χ0n) is 13.6. The number of rotatable bonds is 5. The van der Waals surface area contributed by atoms with Gasteiger partial charge in [-0.25, -0.2) is 0 Å². The molecule has 0 spiro atoms. The van der Waals surface area contributed by atoms with Crippen LogP contribution in [-0.2, 0) is 0 Å². The summed E-state index contributed by atoms with van der Waals surface area (Å²) in [7, 11) is 7.56. The van der Waals surface area contributed by atoms with E-state index in [-0.39, 0.29) is 0 Å². The Bertz CT molecular complexity index is 469. The predicted molar refractivity (Wildman–Crippen MR) is 87.4 cm³/mol. The number of nitrogen functional groups attached to an aromatic ring is 1. The molecule has 118 valence electrons. The summed E-state index contributed by atoms with van der Waals surface area (Å²) >= 11 is 0. The number of hydrogen-bond donors (Lipinski definition) is 1. The van der Waals surface area contributed by atoms with Crippen LogP contribution in [0.3, 0.4) is 0 Å². The van der Waals surface area contributed by atoms with Gasteiger partial charge in [-0.15, -0.1) is 0 Å². The molecule has 1 aliphatic rings. The standard InChI is InChI=1S/C16H27N3O2/c1-18(2)11-12-5-7-19(8-6-12)14-10-16(21-4)15(20-3)9-13(14)17/h9-10,12H,5-8,11,17H2,1-4H3. The first-order chi connectivity index (χ1) is 10.0. The summed E-state index contributed by atoms with van der Waals surface area (Å²) in [5.41, 5.74) is 7.98. The zero-order valence-corrected chi connectivity index (χ0v) is 13.6. The van der Waals surface area contributed by atoms with Crippen molar-refractivity contribution in [3.8, 4) is 11.5 Å². The predicted octanol–water partition coefficient (Wildman–Crippen LogP) is 2.06. The Balaban J connectivity index is 2.09. The van der Waals surface area contributed by atoms with Gasteiger partial charge in [-0.3, -0.25) is 0 Å². The molecule has 0 saturated carbocycles. The third kappa shape index (κ3) is 3.73. The average molecular weight is 293 g/mol. The highest BCUT2D eigenvalue weighted by Crippen LogP contribution is 2.38. The van der Waals surface area contributed by atoms with Crippen molar-refractivity contribution >= 4 is 11.4 Å². The molecular formula is C16H27N3O2. The fraction of sp³-hybridized carbons (Fsp3) is 0.625. The SMILES string of the molecule is COc1cc(N)c(N2CCC(CN(C)C)CC2)cc1OC. The van der Waals surface area contributed by atoms with Gasteiger partial charge in [0.1, 0.15) is 0 Å². The lowest BCUT2D eigenvalue weighted by molar-refractivity contribution is 0.285. The van der Waals surface area contributed by atoms with Crippen LogP contribution in [0.1, 0.15) is 12.8 Å². The molecule has 2 N–H and O–H groups in total. The molecule has 0 unspecified atom stereocenters. The number of ether oxygens (including phenoxy) is 2. The normalized spacial score (nSPS) is 16.3. The second-order valence-corrected chi connectivity index (χ2v) is 5.96. The van der Waals surface area contributed by atoms with Gasteiger partial charge in [0.25, 0.3) is 0 Å². The van der Waals surface area contributed by atoms with E-state index >= 15 is 0 Å². The van der Waals surface area contributed by atoms with E-state index in [1.54, 1.807) is 14.2 Å². The third-order valence-electron chi connectivity index (χ3n) is 4.11. The molecule has 1 aromatic rings. The van der Waals surface area contributed by atoms with Crippen LogP contribution >= 0.6 is 0 Å². The molecule has 5 heteroatoms. The summed E-state index contributed by atoms with van der Waals surface area (Å²) in [6, 6.07) is 3.83. The monoisotopic (exact) mass is 293 g/mol. The Morgan fingerprint density at radius 2 is 1.71 bits per heavy atom. The topological polar surface area (TPSA) is 51.0 Å². The van der Waals surface area contributed by atoms with Crippen molar-refractivity contribution in [3.63, 3.8) is 0 Å². The van der Waals surface area contributed by atoms with E-state index in [9.17, 15) is 0 Å². The molecule has 21 heavy (non-hydrogen) atoms. The van der Waals surface area contributed by atoms with Crippen LogP contribution < -0.4 is 20.1 Å². The van der Waals surface area contributed by atoms with Gasteiger partial charge in [0.05, 0.1) is 25.6 Å². The minimum Gasteiger partial charge on any atom is -0.493 e. The van der Waals surface area contributed by atoms with Crippen molar-refractivity contribution in [2.45, 2.75) is 12.8 Å². The lowest BCUT2D eigenvalue weighted by atomic mass is 9.96. The van der Waals surface area contributed by atoms with E-state index in [4.69, 9.17) is 15.2 Å². The van der Waals surface area contributed by atoms with Crippen LogP contribution in [-0.4, -0.2) is 52.8 Å². The van der Waals surface area contributed by atoms with Gasteiger partial charge in [-0.1, -0.05) is 0 Å². The molecule has 2 rings (SSSR count). The minimum absolute atomic E-state index is 0.682. The minimum atomic E-state index is 0.682. The van der Waals surface area contributed by atoms with Crippen molar-refractivity contribution in [2.75, 3.05) is 58.6 Å². The number of methoxy groups -OCH3 is 2. The summed E-state index contributed by atoms with van der Waals surface area (Å²) in [6.07, 6.45) is 2.40. The van der Waals surface area contributed by atoms with Gasteiger partial charge < -0.3 is 25.0 Å². The van der Waals surface area contributed by atoms with Crippen molar-refractivity contribution in [1.82, 2.24) is 4.90 Å². The lowest BCUT2D eigenvalue weighted by Crippen LogP contribution is -2.37. The van der Waals surface area contributed by atoms with Crippen LogP contribution in [0.4, 0.5) is 11.4 Å². The van der Waals surface area contributed by atoms with Crippen LogP contribution in [0.25, 0.3) is 0 Å². The molecule has 5 nitrogen and oxygen atoms in total. The molecule has 0 radical (unpaired) electrons. The summed E-state index contributed by atoms with van der Waals surface area (Å²) < 4.78 is 10.7. The Morgan fingerprint density at radius 3 is 2.24 bits per heavy atom. The average Bonchev–Trinajstić information content (AvgIpc) is 2.47. The van der Waals surface area contributed by atoms with Gasteiger partial charge in [0, 0.05) is 31.8 Å². The van der Waals surface area contributed by atoms with Crippen LogP contribution in [0.15, 0.2) is 12.1 Å². The van der Waals surface area contributed by atoms with Gasteiger partial charge in [0.2, 0.25) is 0 Å². The van der Waals surface area contributed by atoms with E-state index < -0.39 is 0 Å². The summed E-state index contributed by atoms with van der Waals surface area (Å²) in [4.78, 5) is 4.62. The maximum Gasteiger partial charge on any atom is 0.162 e. The molecule has 1 heterocycles. The van der Waals surface area contributed by atoms with Crippen LogP contribution in [0.2, 0.25) is 0 Å². The number of piperidine rings is 1. The molecule has 1 saturated heterocycles. The van der Waals surface area contributed by atoms with E-state index in [1.807, 2.05) is 12.1 Å². The number of hydrogen-bond acceptors (Lipinski definition) is 5. The molecular weight excluding hydrogens is 266 g/mol. The number of nitrogens with two attached hydrogens (primary N) is 1. The van der Waals surface area contributed by atoms with Crippen molar-refractivity contribution in [1.29, 1.82) is 0 Å². The Hall–Kier alpha value is -1.62. The zero-order chi connectivity index (χ0) is 15.4. The first-order valence-electron chi connectivity index (χ1n) is 7.46. The molecule has 1 aromatic carbocycles. The summed E-state index contributed by atoms with van der Waals surface area (Å²) in [5, 5.41) is 0. The largest absolute Gasteiger partial charge is 0.493 e. The number of anilines is 2. The highest BCUT2D eigenvalue weighted by atomic mass is 16.5. The van der Waals surface area contributed by atoms with E-state index in [0.29, 0.717) is 5.75 Å². The second kappa shape index (κ2) is 6.89. The van der Waals surface area contributed by atoms with Gasteiger partial charge in [0.15, 0.2) is 11.5 Å². The van der Waals surface area contributed by atoms with Crippen molar-refractivity contribution < 1.29 is 9.47 Å². The molecule has 1 aliphatic heterocycles. The quantitative estimate of drug-likeness (QED) is 0.842. The van der Waals surface area contributed by atoms with E-state index in [0.717, 1.165) is 42.7 Å². The number of benzene rings is 1. The highest BCUT2D eigenvalue weighted by molar-refractivity contribution is 5.73. The first kappa shape index (κ1) is 15.8. The first-order valence-corrected chi connectivity index (χ1v) is 7.46. The second-order valence-electron chi connectivity index (χ2n) is 5.96. The summed E-state index contributed by atoms with van der Waals surface area (Å²) in [5.74, 6) is 2.19. The fourth-order valence-electron chi connectivity index (χ4n) is 3.03. The maximum absolute atomic E-state index is 6.18. The molecule has 0 bridgehead atoms. The molecule has 0 atom stereocenters. The van der Waals surface area contributed by atoms with Crippen molar-refractivity contribution in [3.05, 3.63) is 12.1 Å². The van der Waals surface area contributed by atoms with Gasteiger partial charge in [-0.2, -0.15) is 0 Å². The van der Waals surface area contributed by atoms with Gasteiger partial charge in [-0.05, 0) is 32.9 Å². The molecule has 0 aliphatic carbocycles. The Morgan fingerprint density at radius 1 is 1.14 bits per heavy atom. The van der Waals surface area contributed by atoms with E-state index in [2.05, 4.69) is 23.9 Å². The van der Waals surface area contributed by atoms with Crippen LogP contribution in [0, 0.1) is 5.92 Å². The lowest BCUT2D eigenvalue weighted by Gasteiger charge is -2.35. The smallest absolute Gasteiger partial charge is 0.162 e. The van der Waals surface area contributed by atoms with Gasteiger partial charge >= 0.3 is 0 Å².